The number of hydrogen-bond donors (Lipinski definition) is 1. The van der Waals surface area contributed by atoms with Gasteiger partial charge in [-0.2, -0.15) is 0 Å². The van der Waals surface area contributed by atoms with Gasteiger partial charge in [0, 0.05) is 19.6 Å². The molecule has 1 N–H and O–H groups in total. The van der Waals surface area contributed by atoms with Crippen LogP contribution in [0.5, 0.6) is 0 Å². The molecule has 1 aliphatic heterocycles. The third-order valence-electron chi connectivity index (χ3n) is 2.58. The van der Waals surface area contributed by atoms with Crippen LogP contribution in [0.15, 0.2) is 0 Å². The van der Waals surface area contributed by atoms with Gasteiger partial charge < -0.3 is 10.0 Å². The van der Waals surface area contributed by atoms with E-state index in [1.54, 1.807) is 11.9 Å². The van der Waals surface area contributed by atoms with Gasteiger partial charge in [-0.25, -0.2) is 0 Å². The van der Waals surface area contributed by atoms with Gasteiger partial charge in [-0.3, -0.25) is 14.5 Å². The van der Waals surface area contributed by atoms with Gasteiger partial charge in [-0.05, 0) is 6.54 Å². The maximum absolute atomic E-state index is 11.3. The van der Waals surface area contributed by atoms with Crippen LogP contribution in [0.4, 0.5) is 0 Å². The van der Waals surface area contributed by atoms with Gasteiger partial charge in [0.25, 0.3) is 0 Å². The van der Waals surface area contributed by atoms with Crippen LogP contribution >= 0.6 is 0 Å². The van der Waals surface area contributed by atoms with Gasteiger partial charge in [0.05, 0.1) is 13.0 Å². The Labute approximate surface area is 83.3 Å². The Morgan fingerprint density at radius 3 is 2.79 bits per heavy atom. The highest BCUT2D eigenvalue weighted by molar-refractivity contribution is 5.79. The van der Waals surface area contributed by atoms with Gasteiger partial charge in [0.1, 0.15) is 0 Å². The SMILES string of the molecule is CCN1CC(=O)N(C)CC1CC(=O)O. The molecule has 0 aromatic carbocycles. The van der Waals surface area contributed by atoms with Crippen LogP contribution in [0.25, 0.3) is 0 Å². The van der Waals surface area contributed by atoms with Crippen molar-refractivity contribution >= 4 is 11.9 Å². The van der Waals surface area contributed by atoms with Crippen molar-refractivity contribution in [1.82, 2.24) is 9.80 Å². The fraction of sp³-hybridized carbons (Fsp3) is 0.778. The monoisotopic (exact) mass is 200 g/mol. The summed E-state index contributed by atoms with van der Waals surface area (Å²) < 4.78 is 0. The van der Waals surface area contributed by atoms with Crippen LogP contribution in [-0.4, -0.2) is 59.5 Å². The molecule has 1 amide bonds. The molecule has 1 saturated heterocycles. The number of amides is 1. The van der Waals surface area contributed by atoms with Crippen molar-refractivity contribution in [2.24, 2.45) is 0 Å². The van der Waals surface area contributed by atoms with Crippen molar-refractivity contribution in [2.45, 2.75) is 19.4 Å². The standard InChI is InChI=1S/C9H16N2O3/c1-3-11-6-8(12)10(2)5-7(11)4-9(13)14/h7H,3-6H2,1-2H3,(H,13,14). The number of carbonyl (C=O) groups is 2. The lowest BCUT2D eigenvalue weighted by Gasteiger charge is -2.38. The molecule has 14 heavy (non-hydrogen) atoms. The lowest BCUT2D eigenvalue weighted by molar-refractivity contribution is -0.144. The molecule has 80 valence electrons. The van der Waals surface area contributed by atoms with Crippen molar-refractivity contribution < 1.29 is 14.7 Å². The minimum absolute atomic E-state index is 0.0415. The zero-order valence-corrected chi connectivity index (χ0v) is 8.56. The van der Waals surface area contributed by atoms with Crippen molar-refractivity contribution in [3.05, 3.63) is 0 Å². The van der Waals surface area contributed by atoms with E-state index in [9.17, 15) is 9.59 Å². The van der Waals surface area contributed by atoms with E-state index in [1.165, 1.54) is 0 Å². The minimum atomic E-state index is -0.809. The largest absolute Gasteiger partial charge is 0.481 e. The third kappa shape index (κ3) is 2.45. The molecule has 1 heterocycles. The molecule has 5 nitrogen and oxygen atoms in total. The first kappa shape index (κ1) is 11.0. The van der Waals surface area contributed by atoms with E-state index in [4.69, 9.17) is 5.11 Å². The van der Waals surface area contributed by atoms with E-state index < -0.39 is 5.97 Å². The maximum atomic E-state index is 11.3. The predicted molar refractivity (Wildman–Crippen MR) is 50.9 cm³/mol. The average molecular weight is 200 g/mol. The van der Waals surface area contributed by atoms with Crippen molar-refractivity contribution in [3.63, 3.8) is 0 Å². The molecule has 0 radical (unpaired) electrons. The van der Waals surface area contributed by atoms with Crippen LogP contribution in [-0.2, 0) is 9.59 Å². The Morgan fingerprint density at radius 2 is 2.29 bits per heavy atom. The second-order valence-electron chi connectivity index (χ2n) is 3.59. The summed E-state index contributed by atoms with van der Waals surface area (Å²) >= 11 is 0. The first-order valence-corrected chi connectivity index (χ1v) is 4.74. The highest BCUT2D eigenvalue weighted by atomic mass is 16.4. The second kappa shape index (κ2) is 4.41. The third-order valence-corrected chi connectivity index (χ3v) is 2.58. The molecule has 5 heteroatoms. The van der Waals surface area contributed by atoms with Crippen molar-refractivity contribution in [2.75, 3.05) is 26.7 Å². The molecule has 0 spiro atoms. The summed E-state index contributed by atoms with van der Waals surface area (Å²) in [6.07, 6.45) is 0.103. The molecule has 0 bridgehead atoms. The van der Waals surface area contributed by atoms with E-state index in [1.807, 2.05) is 11.8 Å². The smallest absolute Gasteiger partial charge is 0.305 e. The lowest BCUT2D eigenvalue weighted by Crippen LogP contribution is -2.55. The normalized spacial score (nSPS) is 24.0. The fourth-order valence-electron chi connectivity index (χ4n) is 1.72. The number of aliphatic carboxylic acids is 1. The zero-order valence-electron chi connectivity index (χ0n) is 8.56. The molecule has 0 saturated carbocycles. The molecule has 1 aliphatic rings. The summed E-state index contributed by atoms with van der Waals surface area (Å²) in [6.45, 7) is 3.51. The summed E-state index contributed by atoms with van der Waals surface area (Å²) in [5.74, 6) is -0.746. The topological polar surface area (TPSA) is 60.9 Å². The number of likely N-dealkylation sites (N-methyl/N-ethyl adjacent to an activating group) is 2. The van der Waals surface area contributed by atoms with E-state index in [-0.39, 0.29) is 18.4 Å². The highest BCUT2D eigenvalue weighted by Gasteiger charge is 2.30. The Bertz CT molecular complexity index is 242. The van der Waals surface area contributed by atoms with Crippen LogP contribution < -0.4 is 0 Å². The molecule has 1 rings (SSSR count). The molecule has 0 aliphatic carbocycles. The number of carboxylic acid groups (broad SMARTS) is 1. The van der Waals surface area contributed by atoms with Crippen LogP contribution in [0.1, 0.15) is 13.3 Å². The van der Waals surface area contributed by atoms with Gasteiger partial charge in [-0.1, -0.05) is 6.92 Å². The molecule has 0 aromatic heterocycles. The molecule has 1 fully saturated rings. The first-order chi connectivity index (χ1) is 6.54. The van der Waals surface area contributed by atoms with Crippen LogP contribution in [0, 0.1) is 0 Å². The molecule has 1 atom stereocenters. The van der Waals surface area contributed by atoms with Gasteiger partial charge in [0.15, 0.2) is 0 Å². The number of piperazine rings is 1. The Hall–Kier alpha value is -1.10. The van der Waals surface area contributed by atoms with Crippen molar-refractivity contribution in [1.29, 1.82) is 0 Å². The predicted octanol–water partition coefficient (Wildman–Crippen LogP) is -0.376. The van der Waals surface area contributed by atoms with E-state index in [2.05, 4.69) is 0 Å². The fourth-order valence-corrected chi connectivity index (χ4v) is 1.72. The maximum Gasteiger partial charge on any atom is 0.305 e. The molecule has 1 unspecified atom stereocenters. The molecular weight excluding hydrogens is 184 g/mol. The summed E-state index contributed by atoms with van der Waals surface area (Å²) in [4.78, 5) is 25.4. The Kier molecular flexibility index (Phi) is 3.46. The molecule has 0 aromatic rings. The van der Waals surface area contributed by atoms with E-state index >= 15 is 0 Å². The minimum Gasteiger partial charge on any atom is -0.481 e. The van der Waals surface area contributed by atoms with Crippen molar-refractivity contribution in [3.8, 4) is 0 Å². The Morgan fingerprint density at radius 1 is 1.64 bits per heavy atom. The summed E-state index contributed by atoms with van der Waals surface area (Å²) in [6, 6.07) is -0.0415. The van der Waals surface area contributed by atoms with Crippen LogP contribution in [0.2, 0.25) is 0 Å². The van der Waals surface area contributed by atoms with E-state index in [0.717, 1.165) is 6.54 Å². The number of carbonyl (C=O) groups excluding carboxylic acids is 1. The number of hydrogen-bond acceptors (Lipinski definition) is 3. The second-order valence-corrected chi connectivity index (χ2v) is 3.59. The van der Waals surface area contributed by atoms with Gasteiger partial charge >= 0.3 is 5.97 Å². The molecular formula is C9H16N2O3. The Balaban J connectivity index is 2.62. The summed E-state index contributed by atoms with van der Waals surface area (Å²) in [5, 5.41) is 8.70. The number of nitrogens with zero attached hydrogens (tertiary/aromatic N) is 2. The van der Waals surface area contributed by atoms with Gasteiger partial charge in [-0.15, -0.1) is 0 Å². The van der Waals surface area contributed by atoms with E-state index in [0.29, 0.717) is 13.1 Å². The highest BCUT2D eigenvalue weighted by Crippen LogP contribution is 2.12. The van der Waals surface area contributed by atoms with Gasteiger partial charge in [0.2, 0.25) is 5.91 Å². The summed E-state index contributed by atoms with van der Waals surface area (Å²) in [7, 11) is 1.71. The average Bonchev–Trinajstić information content (AvgIpc) is 2.10. The quantitative estimate of drug-likeness (QED) is 0.675. The number of rotatable bonds is 3. The zero-order chi connectivity index (χ0) is 10.7. The van der Waals surface area contributed by atoms with Crippen LogP contribution in [0.3, 0.4) is 0 Å². The lowest BCUT2D eigenvalue weighted by atomic mass is 10.1. The number of carboxylic acids is 1. The first-order valence-electron chi connectivity index (χ1n) is 4.74. The summed E-state index contributed by atoms with van der Waals surface area (Å²) in [5.41, 5.74) is 0.